The molecule has 2 aromatic rings. The quantitative estimate of drug-likeness (QED) is 0.862. The molecule has 1 amide bonds. The normalized spacial score (nSPS) is 17.9. The van der Waals surface area contributed by atoms with Crippen LogP contribution in [0.15, 0.2) is 59.5 Å². The number of nitrogens with zero attached hydrogens (tertiary/aromatic N) is 1. The molecular formula is C19H22N2O3S. The van der Waals surface area contributed by atoms with Crippen LogP contribution in [0, 0.1) is 12.8 Å². The zero-order valence-corrected chi connectivity index (χ0v) is 15.0. The van der Waals surface area contributed by atoms with E-state index >= 15 is 0 Å². The Labute approximate surface area is 148 Å². The Bertz CT molecular complexity index is 850. The first-order valence-corrected chi connectivity index (χ1v) is 9.80. The lowest BCUT2D eigenvalue weighted by atomic mass is 10.1. The number of likely N-dealkylation sites (tertiary alicyclic amines) is 1. The van der Waals surface area contributed by atoms with E-state index in [2.05, 4.69) is 4.72 Å². The van der Waals surface area contributed by atoms with E-state index in [1.54, 1.807) is 23.1 Å². The smallest absolute Gasteiger partial charge is 0.240 e. The van der Waals surface area contributed by atoms with Crippen molar-refractivity contribution < 1.29 is 13.2 Å². The third kappa shape index (κ3) is 4.46. The number of carbonyl (C=O) groups is 1. The standard InChI is InChI=1S/C19H22N2O3S/c1-15-6-5-9-18(10-15)25(23,24)20-12-17-11-19(22)21(14-17)13-16-7-3-2-4-8-16/h2-10,17,20H,11-14H2,1H3. The van der Waals surface area contributed by atoms with E-state index < -0.39 is 10.0 Å². The van der Waals surface area contributed by atoms with Gasteiger partial charge in [0.2, 0.25) is 15.9 Å². The zero-order chi connectivity index (χ0) is 17.9. The molecule has 0 radical (unpaired) electrons. The van der Waals surface area contributed by atoms with Gasteiger partial charge in [-0.25, -0.2) is 13.1 Å². The minimum absolute atomic E-state index is 0.00389. The molecule has 1 fully saturated rings. The summed E-state index contributed by atoms with van der Waals surface area (Å²) in [5.41, 5.74) is 1.98. The molecule has 0 aromatic heterocycles. The fraction of sp³-hybridized carbons (Fsp3) is 0.316. The number of amides is 1. The van der Waals surface area contributed by atoms with Crippen molar-refractivity contribution in [3.63, 3.8) is 0 Å². The molecule has 6 heteroatoms. The Hall–Kier alpha value is -2.18. The Morgan fingerprint density at radius 1 is 1.12 bits per heavy atom. The summed E-state index contributed by atoms with van der Waals surface area (Å²) in [6.45, 7) is 3.27. The molecule has 5 nitrogen and oxygen atoms in total. The topological polar surface area (TPSA) is 66.5 Å². The van der Waals surface area contributed by atoms with E-state index in [9.17, 15) is 13.2 Å². The molecule has 2 aromatic carbocycles. The van der Waals surface area contributed by atoms with Crippen LogP contribution in [0.1, 0.15) is 17.5 Å². The van der Waals surface area contributed by atoms with Crippen molar-refractivity contribution >= 4 is 15.9 Å². The third-order valence-electron chi connectivity index (χ3n) is 4.37. The molecule has 1 atom stereocenters. The van der Waals surface area contributed by atoms with Crippen molar-refractivity contribution in [3.05, 3.63) is 65.7 Å². The molecule has 0 bridgehead atoms. The van der Waals surface area contributed by atoms with Gasteiger partial charge in [-0.15, -0.1) is 0 Å². The fourth-order valence-electron chi connectivity index (χ4n) is 3.04. The van der Waals surface area contributed by atoms with Crippen molar-refractivity contribution in [2.75, 3.05) is 13.1 Å². The number of rotatable bonds is 6. The predicted molar refractivity (Wildman–Crippen MR) is 96.3 cm³/mol. The van der Waals surface area contributed by atoms with Crippen LogP contribution >= 0.6 is 0 Å². The van der Waals surface area contributed by atoms with Crippen LogP contribution in [0.5, 0.6) is 0 Å². The lowest BCUT2D eigenvalue weighted by molar-refractivity contribution is -0.128. The van der Waals surface area contributed by atoms with Gasteiger partial charge in [-0.1, -0.05) is 42.5 Å². The molecule has 1 unspecified atom stereocenters. The van der Waals surface area contributed by atoms with Crippen LogP contribution in [0.4, 0.5) is 0 Å². The highest BCUT2D eigenvalue weighted by atomic mass is 32.2. The van der Waals surface area contributed by atoms with Gasteiger partial charge in [0.25, 0.3) is 0 Å². The molecule has 0 spiro atoms. The summed E-state index contributed by atoms with van der Waals surface area (Å²) < 4.78 is 27.4. The second-order valence-electron chi connectivity index (χ2n) is 6.50. The lowest BCUT2D eigenvalue weighted by Crippen LogP contribution is -2.31. The maximum Gasteiger partial charge on any atom is 0.240 e. The molecule has 132 valence electrons. The summed E-state index contributed by atoms with van der Waals surface area (Å²) in [4.78, 5) is 14.2. The van der Waals surface area contributed by atoms with E-state index in [1.807, 2.05) is 43.3 Å². The van der Waals surface area contributed by atoms with Crippen molar-refractivity contribution in [1.82, 2.24) is 9.62 Å². The van der Waals surface area contributed by atoms with Gasteiger partial charge in [-0.2, -0.15) is 0 Å². The van der Waals surface area contributed by atoms with Gasteiger partial charge in [0, 0.05) is 26.1 Å². The average Bonchev–Trinajstić information content (AvgIpc) is 2.94. The van der Waals surface area contributed by atoms with Gasteiger partial charge in [0.15, 0.2) is 0 Å². The van der Waals surface area contributed by atoms with Crippen LogP contribution in [-0.2, 0) is 21.4 Å². The summed E-state index contributed by atoms with van der Waals surface area (Å²) in [6, 6.07) is 16.6. The SMILES string of the molecule is Cc1cccc(S(=O)(=O)NCC2CC(=O)N(Cc3ccccc3)C2)c1. The van der Waals surface area contributed by atoms with Crippen LogP contribution < -0.4 is 4.72 Å². The first-order chi connectivity index (χ1) is 11.9. The van der Waals surface area contributed by atoms with Crippen LogP contribution in [0.3, 0.4) is 0 Å². The van der Waals surface area contributed by atoms with E-state index in [-0.39, 0.29) is 23.3 Å². The van der Waals surface area contributed by atoms with Gasteiger partial charge in [-0.3, -0.25) is 4.79 Å². The molecule has 25 heavy (non-hydrogen) atoms. The highest BCUT2D eigenvalue weighted by molar-refractivity contribution is 7.89. The van der Waals surface area contributed by atoms with Gasteiger partial charge in [0.1, 0.15) is 0 Å². The Morgan fingerprint density at radius 2 is 1.88 bits per heavy atom. The first kappa shape index (κ1) is 17.6. The number of hydrogen-bond acceptors (Lipinski definition) is 3. The number of aryl methyl sites for hydroxylation is 1. The fourth-order valence-corrected chi connectivity index (χ4v) is 4.26. The average molecular weight is 358 g/mol. The Morgan fingerprint density at radius 3 is 2.60 bits per heavy atom. The predicted octanol–water partition coefficient (Wildman–Crippen LogP) is 2.32. The molecular weight excluding hydrogens is 336 g/mol. The Balaban J connectivity index is 1.58. The van der Waals surface area contributed by atoms with E-state index in [0.29, 0.717) is 19.5 Å². The largest absolute Gasteiger partial charge is 0.338 e. The Kier molecular flexibility index (Phi) is 5.20. The number of benzene rings is 2. The summed E-state index contributed by atoms with van der Waals surface area (Å²) in [5, 5.41) is 0. The molecule has 3 rings (SSSR count). The first-order valence-electron chi connectivity index (χ1n) is 8.32. The second-order valence-corrected chi connectivity index (χ2v) is 8.27. The van der Waals surface area contributed by atoms with E-state index in [1.165, 1.54) is 0 Å². The minimum atomic E-state index is -3.54. The maximum absolute atomic E-state index is 12.4. The molecule has 0 aliphatic carbocycles. The van der Waals surface area contributed by atoms with Crippen molar-refractivity contribution in [2.45, 2.75) is 24.8 Å². The van der Waals surface area contributed by atoms with Crippen molar-refractivity contribution in [3.8, 4) is 0 Å². The summed E-state index contributed by atoms with van der Waals surface area (Å²) in [7, 11) is -3.54. The minimum Gasteiger partial charge on any atom is -0.338 e. The van der Waals surface area contributed by atoms with Crippen LogP contribution in [0.2, 0.25) is 0 Å². The highest BCUT2D eigenvalue weighted by Crippen LogP contribution is 2.20. The number of sulfonamides is 1. The zero-order valence-electron chi connectivity index (χ0n) is 14.2. The lowest BCUT2D eigenvalue weighted by Gasteiger charge is -2.17. The number of hydrogen-bond donors (Lipinski definition) is 1. The van der Waals surface area contributed by atoms with Gasteiger partial charge >= 0.3 is 0 Å². The molecule has 1 saturated heterocycles. The molecule has 1 aliphatic rings. The van der Waals surface area contributed by atoms with E-state index in [4.69, 9.17) is 0 Å². The third-order valence-corrected chi connectivity index (χ3v) is 5.79. The summed E-state index contributed by atoms with van der Waals surface area (Å²) in [5.74, 6) is 0.0689. The van der Waals surface area contributed by atoms with E-state index in [0.717, 1.165) is 11.1 Å². The number of nitrogens with one attached hydrogen (secondary N) is 1. The van der Waals surface area contributed by atoms with Crippen LogP contribution in [-0.4, -0.2) is 32.3 Å². The molecule has 1 N–H and O–H groups in total. The van der Waals surface area contributed by atoms with Crippen molar-refractivity contribution in [2.24, 2.45) is 5.92 Å². The van der Waals surface area contributed by atoms with Gasteiger partial charge < -0.3 is 4.90 Å². The van der Waals surface area contributed by atoms with Gasteiger partial charge in [0.05, 0.1) is 4.90 Å². The van der Waals surface area contributed by atoms with Crippen LogP contribution in [0.25, 0.3) is 0 Å². The summed E-state index contributed by atoms with van der Waals surface area (Å²) in [6.07, 6.45) is 0.378. The van der Waals surface area contributed by atoms with Crippen molar-refractivity contribution in [1.29, 1.82) is 0 Å². The van der Waals surface area contributed by atoms with Gasteiger partial charge in [-0.05, 0) is 36.1 Å². The monoisotopic (exact) mass is 358 g/mol. The summed E-state index contributed by atoms with van der Waals surface area (Å²) >= 11 is 0. The second kappa shape index (κ2) is 7.37. The highest BCUT2D eigenvalue weighted by Gasteiger charge is 2.30. The maximum atomic E-state index is 12.4. The number of carbonyl (C=O) groups excluding carboxylic acids is 1. The molecule has 0 saturated carbocycles. The molecule has 1 aliphatic heterocycles. The molecule has 1 heterocycles.